The molecule has 0 atom stereocenters. The van der Waals surface area contributed by atoms with E-state index >= 15 is 0 Å². The van der Waals surface area contributed by atoms with Gasteiger partial charge >= 0.3 is 5.97 Å². The van der Waals surface area contributed by atoms with Crippen molar-refractivity contribution in [2.75, 3.05) is 6.61 Å². The van der Waals surface area contributed by atoms with Crippen LogP contribution in [-0.2, 0) is 4.74 Å². The van der Waals surface area contributed by atoms with E-state index in [-0.39, 0.29) is 5.56 Å². The Hall–Kier alpha value is -2.62. The predicted octanol–water partition coefficient (Wildman–Crippen LogP) is 0.615. The molecular weight excluding hydrogens is 242 g/mol. The SMILES string of the molecule is O=C(O)c1cnc2/c(c1)=C\CO/C=c1/cccc/c1=2. The van der Waals surface area contributed by atoms with Crippen LogP contribution in [0.1, 0.15) is 10.4 Å². The number of pyridine rings is 1. The molecule has 19 heavy (non-hydrogen) atoms. The molecule has 0 radical (unpaired) electrons. The molecule has 0 spiro atoms. The van der Waals surface area contributed by atoms with E-state index in [0.717, 1.165) is 21.0 Å². The second kappa shape index (κ2) is 4.57. The van der Waals surface area contributed by atoms with Crippen molar-refractivity contribution < 1.29 is 14.6 Å². The summed E-state index contributed by atoms with van der Waals surface area (Å²) in [6.45, 7) is 0.395. The summed E-state index contributed by atoms with van der Waals surface area (Å²) >= 11 is 0. The highest BCUT2D eigenvalue weighted by molar-refractivity contribution is 5.87. The highest BCUT2D eigenvalue weighted by Crippen LogP contribution is 1.95. The lowest BCUT2D eigenvalue weighted by atomic mass is 10.1. The van der Waals surface area contributed by atoms with Crippen molar-refractivity contribution in [3.8, 4) is 0 Å². The van der Waals surface area contributed by atoms with Gasteiger partial charge < -0.3 is 9.84 Å². The second-order valence-corrected chi connectivity index (χ2v) is 4.21. The van der Waals surface area contributed by atoms with E-state index in [9.17, 15) is 4.79 Å². The average Bonchev–Trinajstić information content (AvgIpc) is 2.41. The first kappa shape index (κ1) is 11.5. The van der Waals surface area contributed by atoms with E-state index in [4.69, 9.17) is 9.84 Å². The Balaban J connectivity index is 2.54. The van der Waals surface area contributed by atoms with Crippen LogP contribution in [0.15, 0.2) is 36.5 Å². The average molecular weight is 253 g/mol. The maximum Gasteiger partial charge on any atom is 0.337 e. The van der Waals surface area contributed by atoms with Gasteiger partial charge in [0.15, 0.2) is 0 Å². The largest absolute Gasteiger partial charge is 0.496 e. The lowest BCUT2D eigenvalue weighted by molar-refractivity contribution is 0.0696. The topological polar surface area (TPSA) is 59.4 Å². The Labute approximate surface area is 108 Å². The molecule has 94 valence electrons. The number of ether oxygens (including phenoxy) is 1. The third kappa shape index (κ3) is 2.08. The Morgan fingerprint density at radius 3 is 2.95 bits per heavy atom. The van der Waals surface area contributed by atoms with Crippen LogP contribution in [0.5, 0.6) is 0 Å². The molecule has 4 heteroatoms. The number of hydrogen-bond acceptors (Lipinski definition) is 3. The fraction of sp³-hybridized carbons (Fsp3) is 0.0667. The lowest BCUT2D eigenvalue weighted by Gasteiger charge is -2.01. The lowest BCUT2D eigenvalue weighted by Crippen LogP contribution is -2.17. The molecular formula is C15H11NO3. The Bertz CT molecular complexity index is 856. The van der Waals surface area contributed by atoms with Crippen LogP contribution in [0.25, 0.3) is 12.3 Å². The van der Waals surface area contributed by atoms with E-state index < -0.39 is 5.97 Å². The number of carboxylic acid groups (broad SMARTS) is 1. The molecule has 4 nitrogen and oxygen atoms in total. The highest BCUT2D eigenvalue weighted by atomic mass is 16.5. The number of carboxylic acids is 1. The van der Waals surface area contributed by atoms with Gasteiger partial charge in [0.25, 0.3) is 0 Å². The molecule has 1 aromatic carbocycles. The maximum atomic E-state index is 11.0. The number of hydrogen-bond donors (Lipinski definition) is 1. The van der Waals surface area contributed by atoms with Crippen molar-refractivity contribution >= 4 is 18.3 Å². The molecule has 1 N–H and O–H groups in total. The molecule has 2 heterocycles. The summed E-state index contributed by atoms with van der Waals surface area (Å²) in [6, 6.07) is 9.36. The van der Waals surface area contributed by atoms with Crippen LogP contribution in [0, 0.1) is 10.6 Å². The van der Waals surface area contributed by atoms with Crippen molar-refractivity contribution in [1.82, 2.24) is 4.98 Å². The molecule has 1 aromatic heterocycles. The Morgan fingerprint density at radius 1 is 1.26 bits per heavy atom. The quantitative estimate of drug-likeness (QED) is 0.809. The third-order valence-corrected chi connectivity index (χ3v) is 2.99. The first-order chi connectivity index (χ1) is 9.25. The van der Waals surface area contributed by atoms with E-state index in [1.54, 1.807) is 12.3 Å². The van der Waals surface area contributed by atoms with Crippen LogP contribution < -0.4 is 10.4 Å². The Kier molecular flexibility index (Phi) is 2.76. The summed E-state index contributed by atoms with van der Waals surface area (Å²) in [6.07, 6.45) is 4.91. The molecule has 1 aliphatic heterocycles. The van der Waals surface area contributed by atoms with Crippen molar-refractivity contribution in [1.29, 1.82) is 0 Å². The minimum atomic E-state index is -0.980. The van der Waals surface area contributed by atoms with Gasteiger partial charge in [-0.3, -0.25) is 4.98 Å². The first-order valence-electron chi connectivity index (χ1n) is 5.86. The number of aromatic nitrogens is 1. The number of carbonyl (C=O) groups is 1. The van der Waals surface area contributed by atoms with Gasteiger partial charge in [0, 0.05) is 21.9 Å². The number of rotatable bonds is 1. The second-order valence-electron chi connectivity index (χ2n) is 4.21. The van der Waals surface area contributed by atoms with Crippen LogP contribution in [0.4, 0.5) is 0 Å². The smallest absolute Gasteiger partial charge is 0.337 e. The Morgan fingerprint density at radius 2 is 2.11 bits per heavy atom. The van der Waals surface area contributed by atoms with Gasteiger partial charge in [-0.15, -0.1) is 0 Å². The zero-order chi connectivity index (χ0) is 13.2. The summed E-state index contributed by atoms with van der Waals surface area (Å²) in [4.78, 5) is 15.3. The summed E-state index contributed by atoms with van der Waals surface area (Å²) in [7, 11) is 0. The van der Waals surface area contributed by atoms with Crippen molar-refractivity contribution in [3.05, 3.63) is 63.1 Å². The highest BCUT2D eigenvalue weighted by Gasteiger charge is 2.03. The molecule has 0 fully saturated rings. The number of benzene rings is 1. The zero-order valence-corrected chi connectivity index (χ0v) is 10.0. The number of nitrogens with zero attached hydrogens (tertiary/aromatic N) is 1. The predicted molar refractivity (Wildman–Crippen MR) is 69.4 cm³/mol. The van der Waals surface area contributed by atoms with Gasteiger partial charge in [0.2, 0.25) is 0 Å². The van der Waals surface area contributed by atoms with Crippen molar-refractivity contribution in [3.63, 3.8) is 0 Å². The molecule has 0 amide bonds. The fourth-order valence-corrected chi connectivity index (χ4v) is 2.07. The number of aromatic carboxylic acids is 1. The summed E-state index contributed by atoms with van der Waals surface area (Å²) < 4.78 is 5.40. The van der Waals surface area contributed by atoms with Gasteiger partial charge in [-0.05, 0) is 12.1 Å². The zero-order valence-electron chi connectivity index (χ0n) is 10.0. The molecule has 0 bridgehead atoms. The maximum absolute atomic E-state index is 11.0. The van der Waals surface area contributed by atoms with E-state index in [0.29, 0.717) is 6.61 Å². The summed E-state index contributed by atoms with van der Waals surface area (Å²) in [5, 5.41) is 12.4. The van der Waals surface area contributed by atoms with Crippen molar-refractivity contribution in [2.45, 2.75) is 0 Å². The third-order valence-electron chi connectivity index (χ3n) is 2.99. The van der Waals surface area contributed by atoms with Crippen LogP contribution in [0.2, 0.25) is 0 Å². The molecule has 0 aliphatic carbocycles. The minimum absolute atomic E-state index is 0.178. The summed E-state index contributed by atoms with van der Waals surface area (Å²) in [5.41, 5.74) is 0.178. The van der Waals surface area contributed by atoms with Gasteiger partial charge in [-0.1, -0.05) is 24.3 Å². The summed E-state index contributed by atoms with van der Waals surface area (Å²) in [5.74, 6) is -0.980. The van der Waals surface area contributed by atoms with Crippen LogP contribution in [0.3, 0.4) is 0 Å². The molecule has 0 unspecified atom stereocenters. The van der Waals surface area contributed by atoms with E-state index in [1.165, 1.54) is 6.20 Å². The van der Waals surface area contributed by atoms with Gasteiger partial charge in [0.1, 0.15) is 6.61 Å². The molecule has 3 rings (SSSR count). The van der Waals surface area contributed by atoms with Crippen LogP contribution >= 0.6 is 0 Å². The van der Waals surface area contributed by atoms with E-state index in [1.807, 2.05) is 30.3 Å². The minimum Gasteiger partial charge on any atom is -0.496 e. The molecule has 2 aromatic rings. The number of fused-ring (bicyclic) bond motifs is 2. The van der Waals surface area contributed by atoms with E-state index in [2.05, 4.69) is 4.98 Å². The monoisotopic (exact) mass is 253 g/mol. The van der Waals surface area contributed by atoms with Crippen molar-refractivity contribution in [2.24, 2.45) is 0 Å². The fourth-order valence-electron chi connectivity index (χ4n) is 2.07. The van der Waals surface area contributed by atoms with Gasteiger partial charge in [-0.2, -0.15) is 0 Å². The van der Waals surface area contributed by atoms with Gasteiger partial charge in [0.05, 0.1) is 17.2 Å². The standard InChI is InChI=1S/C15H11NO3/c17-15(18)12-7-10-5-6-19-9-11-3-1-2-4-13(11)14(10)16-8-12/h1-5,7-9H,6H2,(H,17,18)/b10-5-,11-9-,14-13+. The van der Waals surface area contributed by atoms with Gasteiger partial charge in [-0.25, -0.2) is 4.79 Å². The first-order valence-corrected chi connectivity index (χ1v) is 5.86. The molecule has 0 saturated carbocycles. The molecule has 0 saturated heterocycles. The van der Waals surface area contributed by atoms with Crippen LogP contribution in [-0.4, -0.2) is 22.7 Å². The molecule has 1 aliphatic rings. The normalized spacial score (nSPS) is 18.1.